The van der Waals surface area contributed by atoms with Gasteiger partial charge in [0, 0.05) is 6.07 Å². The highest BCUT2D eigenvalue weighted by molar-refractivity contribution is 6.39. The van der Waals surface area contributed by atoms with Gasteiger partial charge in [-0.05, 0) is 23.8 Å². The molecule has 3 aromatic carbocycles. The third-order valence-corrected chi connectivity index (χ3v) is 5.08. The fourth-order valence-electron chi connectivity index (χ4n) is 2.87. The van der Waals surface area contributed by atoms with Gasteiger partial charge >= 0.3 is 11.9 Å². The van der Waals surface area contributed by atoms with E-state index in [1.165, 1.54) is 30.3 Å². The number of nitrogens with zero attached hydrogens (tertiary/aromatic N) is 1. The molecule has 0 saturated carbocycles. The summed E-state index contributed by atoms with van der Waals surface area (Å²) in [5, 5.41) is 14.3. The van der Waals surface area contributed by atoms with Crippen LogP contribution in [0.2, 0.25) is 10.0 Å². The zero-order chi connectivity index (χ0) is 23.8. The number of nitro benzene ring substituents is 1. The van der Waals surface area contributed by atoms with Gasteiger partial charge in [-0.1, -0.05) is 71.7 Å². The van der Waals surface area contributed by atoms with E-state index in [2.05, 4.69) is 5.32 Å². The average molecular weight is 489 g/mol. The van der Waals surface area contributed by atoms with Crippen LogP contribution in [0.15, 0.2) is 72.8 Å². The van der Waals surface area contributed by atoms with Gasteiger partial charge < -0.3 is 14.8 Å². The molecular formula is C23H18Cl2N2O6. The number of carbonyl (C=O) groups excluding carboxylic acids is 2. The van der Waals surface area contributed by atoms with E-state index < -0.39 is 29.7 Å². The Morgan fingerprint density at radius 2 is 1.58 bits per heavy atom. The normalized spacial score (nSPS) is 11.3. The van der Waals surface area contributed by atoms with E-state index in [1.54, 1.807) is 42.5 Å². The van der Waals surface area contributed by atoms with Crippen LogP contribution >= 0.6 is 23.2 Å². The van der Waals surface area contributed by atoms with Gasteiger partial charge in [-0.2, -0.15) is 0 Å². The maximum absolute atomic E-state index is 12.8. The quantitative estimate of drug-likeness (QED) is 0.191. The third kappa shape index (κ3) is 6.68. The maximum Gasteiger partial charge on any atom is 0.369 e. The number of halogens is 2. The van der Waals surface area contributed by atoms with E-state index in [-0.39, 0.29) is 33.4 Å². The number of hydrogen-bond acceptors (Lipinski definition) is 7. The first-order chi connectivity index (χ1) is 15.8. The lowest BCUT2D eigenvalue weighted by Gasteiger charge is -2.20. The number of anilines is 1. The molecule has 0 aromatic heterocycles. The van der Waals surface area contributed by atoms with Gasteiger partial charge in [0.1, 0.15) is 6.61 Å². The highest BCUT2D eigenvalue weighted by Crippen LogP contribution is 2.31. The summed E-state index contributed by atoms with van der Waals surface area (Å²) in [5.74, 6) is -1.69. The molecular weight excluding hydrogens is 471 g/mol. The number of para-hydroxylation sites is 2. The Bertz CT molecular complexity index is 1140. The summed E-state index contributed by atoms with van der Waals surface area (Å²) in [4.78, 5) is 35.9. The molecule has 0 fully saturated rings. The van der Waals surface area contributed by atoms with Crippen LogP contribution in [0, 0.1) is 10.1 Å². The Morgan fingerprint density at radius 3 is 2.24 bits per heavy atom. The summed E-state index contributed by atoms with van der Waals surface area (Å²) in [7, 11) is 0. The molecule has 0 radical (unpaired) electrons. The first kappa shape index (κ1) is 24.0. The number of ether oxygens (including phenoxy) is 2. The molecule has 1 atom stereocenters. The Kier molecular flexibility index (Phi) is 8.23. The minimum Gasteiger partial charge on any atom is -0.456 e. The Morgan fingerprint density at radius 1 is 0.939 bits per heavy atom. The predicted octanol–water partition coefficient (Wildman–Crippen LogP) is 5.17. The van der Waals surface area contributed by atoms with Crippen LogP contribution in [0.1, 0.15) is 11.1 Å². The summed E-state index contributed by atoms with van der Waals surface area (Å²) >= 11 is 12.3. The SMILES string of the molecule is O=C(Cc1ccccc1)OC(Nc1c(Cl)cccc1Cl)C(=O)OCc1ccccc1[N+](=O)[O-]. The molecule has 0 amide bonds. The van der Waals surface area contributed by atoms with Gasteiger partial charge in [0.25, 0.3) is 11.9 Å². The average Bonchev–Trinajstić information content (AvgIpc) is 2.80. The molecule has 10 heteroatoms. The van der Waals surface area contributed by atoms with Crippen LogP contribution in [0.5, 0.6) is 0 Å². The van der Waals surface area contributed by atoms with Gasteiger partial charge in [0.05, 0.1) is 32.6 Å². The van der Waals surface area contributed by atoms with E-state index in [0.29, 0.717) is 5.56 Å². The summed E-state index contributed by atoms with van der Waals surface area (Å²) in [5.41, 5.74) is 0.831. The molecule has 0 aliphatic rings. The van der Waals surface area contributed by atoms with Crippen molar-refractivity contribution in [2.75, 3.05) is 5.32 Å². The molecule has 0 aliphatic carbocycles. The summed E-state index contributed by atoms with van der Waals surface area (Å²) in [6, 6.07) is 19.3. The molecule has 3 rings (SSSR count). The summed E-state index contributed by atoms with van der Waals surface area (Å²) in [6.45, 7) is -0.402. The highest BCUT2D eigenvalue weighted by atomic mass is 35.5. The van der Waals surface area contributed by atoms with Gasteiger partial charge in [-0.3, -0.25) is 14.9 Å². The second-order valence-corrected chi connectivity index (χ2v) is 7.58. The zero-order valence-corrected chi connectivity index (χ0v) is 18.6. The Hall–Kier alpha value is -3.62. The van der Waals surface area contributed by atoms with Crippen molar-refractivity contribution < 1.29 is 24.0 Å². The van der Waals surface area contributed by atoms with Crippen molar-refractivity contribution in [1.82, 2.24) is 0 Å². The van der Waals surface area contributed by atoms with E-state index >= 15 is 0 Å². The van der Waals surface area contributed by atoms with Gasteiger partial charge in [-0.25, -0.2) is 4.79 Å². The number of benzene rings is 3. The molecule has 1 N–H and O–H groups in total. The van der Waals surface area contributed by atoms with E-state index in [4.69, 9.17) is 32.7 Å². The monoisotopic (exact) mass is 488 g/mol. The second-order valence-electron chi connectivity index (χ2n) is 6.77. The van der Waals surface area contributed by atoms with Crippen molar-refractivity contribution in [1.29, 1.82) is 0 Å². The molecule has 1 unspecified atom stereocenters. The van der Waals surface area contributed by atoms with Crippen LogP contribution in [-0.2, 0) is 32.1 Å². The van der Waals surface area contributed by atoms with E-state index in [9.17, 15) is 19.7 Å². The van der Waals surface area contributed by atoms with Crippen molar-refractivity contribution in [3.05, 3.63) is 104 Å². The molecule has 0 aliphatic heterocycles. The number of nitrogens with one attached hydrogen (secondary N) is 1. The van der Waals surface area contributed by atoms with E-state index in [0.717, 1.165) is 0 Å². The minimum atomic E-state index is -1.60. The first-order valence-corrected chi connectivity index (χ1v) is 10.4. The Balaban J connectivity index is 1.77. The van der Waals surface area contributed by atoms with Crippen molar-refractivity contribution in [2.45, 2.75) is 19.3 Å². The molecule has 0 bridgehead atoms. The number of hydrogen-bond donors (Lipinski definition) is 1. The fraction of sp³-hybridized carbons (Fsp3) is 0.130. The lowest BCUT2D eigenvalue weighted by molar-refractivity contribution is -0.385. The molecule has 0 saturated heterocycles. The standard InChI is InChI=1S/C23H18Cl2N2O6/c24-17-10-6-11-18(25)21(17)26-22(33-20(28)13-15-7-2-1-3-8-15)23(29)32-14-16-9-4-5-12-19(16)27(30)31/h1-12,22,26H,13-14H2. The van der Waals surface area contributed by atoms with Crippen molar-refractivity contribution in [3.8, 4) is 0 Å². The van der Waals surface area contributed by atoms with E-state index in [1.807, 2.05) is 0 Å². The maximum atomic E-state index is 12.8. The van der Waals surface area contributed by atoms with Crippen LogP contribution in [0.4, 0.5) is 11.4 Å². The van der Waals surface area contributed by atoms with Crippen LogP contribution in [-0.4, -0.2) is 23.1 Å². The molecule has 33 heavy (non-hydrogen) atoms. The van der Waals surface area contributed by atoms with Crippen LogP contribution < -0.4 is 5.32 Å². The molecule has 0 spiro atoms. The lowest BCUT2D eigenvalue weighted by Crippen LogP contribution is -2.36. The lowest BCUT2D eigenvalue weighted by atomic mass is 10.2. The molecule has 3 aromatic rings. The minimum absolute atomic E-state index is 0.0906. The predicted molar refractivity (Wildman–Crippen MR) is 123 cm³/mol. The van der Waals surface area contributed by atoms with Gasteiger partial charge in [0.2, 0.25) is 0 Å². The van der Waals surface area contributed by atoms with Gasteiger partial charge in [0.15, 0.2) is 0 Å². The number of carbonyl (C=O) groups is 2. The fourth-order valence-corrected chi connectivity index (χ4v) is 3.38. The number of nitro groups is 1. The van der Waals surface area contributed by atoms with Crippen molar-refractivity contribution in [3.63, 3.8) is 0 Å². The third-order valence-electron chi connectivity index (χ3n) is 4.45. The second kappa shape index (κ2) is 11.3. The first-order valence-electron chi connectivity index (χ1n) is 9.68. The summed E-state index contributed by atoms with van der Waals surface area (Å²) < 4.78 is 10.5. The summed E-state index contributed by atoms with van der Waals surface area (Å²) in [6.07, 6.45) is -1.69. The zero-order valence-electron chi connectivity index (χ0n) is 17.1. The van der Waals surface area contributed by atoms with Crippen LogP contribution in [0.25, 0.3) is 0 Å². The number of esters is 2. The molecule has 0 heterocycles. The highest BCUT2D eigenvalue weighted by Gasteiger charge is 2.27. The Labute approximate surface area is 199 Å². The molecule has 8 nitrogen and oxygen atoms in total. The van der Waals surface area contributed by atoms with Gasteiger partial charge in [-0.15, -0.1) is 0 Å². The smallest absolute Gasteiger partial charge is 0.369 e. The van der Waals surface area contributed by atoms with Crippen molar-refractivity contribution >= 4 is 46.5 Å². The van der Waals surface area contributed by atoms with Crippen molar-refractivity contribution in [2.24, 2.45) is 0 Å². The topological polar surface area (TPSA) is 108 Å². The molecule has 170 valence electrons. The largest absolute Gasteiger partial charge is 0.456 e. The number of rotatable bonds is 9. The van der Waals surface area contributed by atoms with Crippen LogP contribution in [0.3, 0.4) is 0 Å².